The summed E-state index contributed by atoms with van der Waals surface area (Å²) in [7, 11) is 0. The van der Waals surface area contributed by atoms with Crippen LogP contribution in [-0.4, -0.2) is 86.8 Å². The number of hydrogen-bond acceptors (Lipinski definition) is 10. The van der Waals surface area contributed by atoms with Gasteiger partial charge in [-0.3, -0.25) is 34.1 Å². The van der Waals surface area contributed by atoms with Gasteiger partial charge in [0.15, 0.2) is 18.1 Å². The number of Topliss-reactive ketones (excluding diaryl/α,β-unsaturated/α-hetero) is 1. The molecule has 1 aliphatic rings. The van der Waals surface area contributed by atoms with E-state index < -0.39 is 83.0 Å². The fraction of sp³-hybridized carbons (Fsp3) is 0.351. The Morgan fingerprint density at radius 2 is 1.60 bits per heavy atom. The number of aryl methyl sites for hydroxylation is 3. The minimum Gasteiger partial charge on any atom is -0.502 e. The van der Waals surface area contributed by atoms with Gasteiger partial charge in [-0.15, -0.1) is 0 Å². The molecule has 1 unspecified atom stereocenters. The zero-order valence-electron chi connectivity index (χ0n) is 28.9. The predicted octanol–water partition coefficient (Wildman–Crippen LogP) is 2.87. The van der Waals surface area contributed by atoms with Crippen LogP contribution in [-0.2, 0) is 41.6 Å². The summed E-state index contributed by atoms with van der Waals surface area (Å²) in [5, 5.41) is 35.7. The van der Waals surface area contributed by atoms with E-state index in [0.717, 1.165) is 17.7 Å². The number of hydrogen-bond donors (Lipinski definition) is 4. The van der Waals surface area contributed by atoms with Crippen molar-refractivity contribution in [2.45, 2.75) is 71.0 Å². The highest BCUT2D eigenvalue weighted by Gasteiger charge is 2.39. The van der Waals surface area contributed by atoms with Crippen LogP contribution >= 0.6 is 0 Å². The van der Waals surface area contributed by atoms with E-state index >= 15 is 0 Å². The molecule has 52 heavy (non-hydrogen) atoms. The quantitative estimate of drug-likeness (QED) is 0.102. The van der Waals surface area contributed by atoms with Gasteiger partial charge < -0.3 is 30.5 Å². The van der Waals surface area contributed by atoms with Crippen LogP contribution in [0.25, 0.3) is 0 Å². The molecule has 0 spiro atoms. The van der Waals surface area contributed by atoms with Gasteiger partial charge in [0.1, 0.15) is 18.1 Å². The maximum Gasteiger partial charge on any atom is 0.339 e. The van der Waals surface area contributed by atoms with Crippen molar-refractivity contribution in [2.75, 3.05) is 13.2 Å². The van der Waals surface area contributed by atoms with Gasteiger partial charge in [0, 0.05) is 19.0 Å². The first-order valence-corrected chi connectivity index (χ1v) is 16.5. The summed E-state index contributed by atoms with van der Waals surface area (Å²) in [5.41, 5.74) is 2.82. The van der Waals surface area contributed by atoms with Gasteiger partial charge in [0.05, 0.1) is 23.3 Å². The number of amides is 3. The molecule has 1 heterocycles. The minimum atomic E-state index is -1.56. The fourth-order valence-corrected chi connectivity index (χ4v) is 6.05. The monoisotopic (exact) mass is 716 g/mol. The zero-order chi connectivity index (χ0) is 38.1. The average Bonchev–Trinajstić information content (AvgIpc) is 3.58. The third-order valence-corrected chi connectivity index (χ3v) is 8.75. The Morgan fingerprint density at radius 1 is 0.942 bits per heavy atom. The second kappa shape index (κ2) is 17.2. The number of phenols is 1. The van der Waals surface area contributed by atoms with Crippen molar-refractivity contribution in [3.8, 4) is 5.75 Å². The largest absolute Gasteiger partial charge is 0.502 e. The molecule has 1 aliphatic heterocycles. The van der Waals surface area contributed by atoms with Crippen molar-refractivity contribution < 1.29 is 48.6 Å². The lowest BCUT2D eigenvalue weighted by Crippen LogP contribution is -2.56. The van der Waals surface area contributed by atoms with Crippen molar-refractivity contribution in [3.63, 3.8) is 0 Å². The highest BCUT2D eigenvalue weighted by atomic mass is 16.6. The van der Waals surface area contributed by atoms with Crippen LogP contribution in [0.3, 0.4) is 0 Å². The lowest BCUT2D eigenvalue weighted by molar-refractivity contribution is -0.385. The number of ether oxygens (including phenoxy) is 1. The number of aliphatic carboxylic acids is 1. The number of nitrogens with one attached hydrogen (secondary N) is 2. The van der Waals surface area contributed by atoms with E-state index in [0.29, 0.717) is 23.1 Å². The molecule has 3 atom stereocenters. The van der Waals surface area contributed by atoms with Crippen LogP contribution in [0.15, 0.2) is 60.7 Å². The lowest BCUT2D eigenvalue weighted by atomic mass is 10.0. The number of phenolic OH excluding ortho intramolecular Hbond substituents is 1. The molecule has 0 radical (unpaired) electrons. The van der Waals surface area contributed by atoms with E-state index in [1.165, 1.54) is 11.0 Å². The molecule has 0 saturated carbocycles. The Kier molecular flexibility index (Phi) is 12.8. The van der Waals surface area contributed by atoms with Gasteiger partial charge >= 0.3 is 17.6 Å². The second-order valence-corrected chi connectivity index (χ2v) is 12.7. The molecule has 4 rings (SSSR count). The summed E-state index contributed by atoms with van der Waals surface area (Å²) in [6.45, 7) is 4.62. The van der Waals surface area contributed by atoms with E-state index in [1.807, 2.05) is 19.1 Å². The lowest BCUT2D eigenvalue weighted by Gasteiger charge is -2.30. The summed E-state index contributed by atoms with van der Waals surface area (Å²) in [6, 6.07) is 12.1. The Balaban J connectivity index is 1.49. The van der Waals surface area contributed by atoms with Gasteiger partial charge in [0.2, 0.25) is 17.7 Å². The number of carbonyl (C=O) groups excluding carboxylic acids is 5. The third-order valence-electron chi connectivity index (χ3n) is 8.75. The molecule has 15 nitrogen and oxygen atoms in total. The van der Waals surface area contributed by atoms with E-state index in [1.54, 1.807) is 44.2 Å². The van der Waals surface area contributed by atoms with Crippen molar-refractivity contribution in [1.82, 2.24) is 15.5 Å². The molecule has 3 aromatic carbocycles. The van der Waals surface area contributed by atoms with E-state index in [9.17, 15) is 49.1 Å². The summed E-state index contributed by atoms with van der Waals surface area (Å²) in [6.07, 6.45) is -0.521. The number of benzene rings is 3. The normalized spacial score (nSPS) is 14.9. The average molecular weight is 717 g/mol. The van der Waals surface area contributed by atoms with Gasteiger partial charge in [-0.1, -0.05) is 54.1 Å². The molecular weight excluding hydrogens is 676 g/mol. The first-order chi connectivity index (χ1) is 24.6. The number of carboxylic acid groups (broad SMARTS) is 1. The first-order valence-electron chi connectivity index (χ1n) is 16.5. The van der Waals surface area contributed by atoms with Gasteiger partial charge in [-0.2, -0.15) is 0 Å². The maximum absolute atomic E-state index is 14.1. The SMILES string of the molecule is Cc1ccc(C[C@H](NC(=O)Cc2ccc(O)c([N+](=O)[O-])c2)C(=O)N2CCCC2C(=O)N[C@@H](CC(=O)O)C(=O)COC(=O)c2c(C)cccc2C)cc1. The van der Waals surface area contributed by atoms with E-state index in [-0.39, 0.29) is 36.9 Å². The minimum absolute atomic E-state index is 0.0390. The molecule has 3 amide bonds. The number of likely N-dealkylation sites (tertiary alicyclic amines) is 1. The van der Waals surface area contributed by atoms with Crippen LogP contribution in [0.4, 0.5) is 5.69 Å². The molecule has 0 aromatic heterocycles. The topological polar surface area (TPSA) is 223 Å². The number of rotatable bonds is 15. The summed E-state index contributed by atoms with van der Waals surface area (Å²) >= 11 is 0. The summed E-state index contributed by atoms with van der Waals surface area (Å²) < 4.78 is 5.20. The van der Waals surface area contributed by atoms with Crippen molar-refractivity contribution in [3.05, 3.63) is 104 Å². The van der Waals surface area contributed by atoms with Crippen LogP contribution < -0.4 is 10.6 Å². The third kappa shape index (κ3) is 9.99. The van der Waals surface area contributed by atoms with Gasteiger partial charge in [-0.25, -0.2) is 4.79 Å². The van der Waals surface area contributed by atoms with Crippen LogP contribution in [0.2, 0.25) is 0 Å². The molecule has 1 fully saturated rings. The van der Waals surface area contributed by atoms with Crippen LogP contribution in [0.1, 0.15) is 57.4 Å². The number of esters is 1. The second-order valence-electron chi connectivity index (χ2n) is 12.7. The zero-order valence-corrected chi connectivity index (χ0v) is 28.9. The van der Waals surface area contributed by atoms with Crippen molar-refractivity contribution in [2.24, 2.45) is 0 Å². The Labute approximate surface area is 299 Å². The molecule has 0 aliphatic carbocycles. The Bertz CT molecular complexity index is 1860. The molecule has 274 valence electrons. The fourth-order valence-electron chi connectivity index (χ4n) is 6.05. The standard InChI is InChI=1S/C37H40N4O11/c1-21-9-11-24(12-10-21)16-27(38-32(44)18-25-13-14-30(42)29(17-25)41(50)51)36(48)40-15-5-8-28(40)35(47)39-26(19-33(45)46)31(43)20-52-37(49)34-22(2)6-4-7-23(34)3/h4,6-7,9-14,17,26-28,42H,5,8,15-16,18-20H2,1-3H3,(H,38,44)(H,39,47)(H,45,46)/t26-,27-,28?/m0/s1. The van der Waals surface area contributed by atoms with Crippen molar-refractivity contribution in [1.29, 1.82) is 0 Å². The molecule has 3 aromatic rings. The number of aromatic hydroxyl groups is 1. The molecule has 4 N–H and O–H groups in total. The highest BCUT2D eigenvalue weighted by Crippen LogP contribution is 2.27. The predicted molar refractivity (Wildman–Crippen MR) is 185 cm³/mol. The van der Waals surface area contributed by atoms with Gasteiger partial charge in [0.25, 0.3) is 0 Å². The van der Waals surface area contributed by atoms with Crippen molar-refractivity contribution >= 4 is 41.1 Å². The number of nitro groups is 1. The number of ketones is 1. The highest BCUT2D eigenvalue weighted by molar-refractivity contribution is 5.98. The summed E-state index contributed by atoms with van der Waals surface area (Å²) in [5.74, 6) is -5.62. The van der Waals surface area contributed by atoms with Crippen LogP contribution in [0.5, 0.6) is 5.75 Å². The van der Waals surface area contributed by atoms with E-state index in [4.69, 9.17) is 4.74 Å². The number of carbonyl (C=O) groups is 6. The molecule has 1 saturated heterocycles. The smallest absolute Gasteiger partial charge is 0.339 e. The number of nitro benzene ring substituents is 1. The van der Waals surface area contributed by atoms with Gasteiger partial charge in [-0.05, 0) is 61.9 Å². The molecule has 15 heteroatoms. The number of carboxylic acids is 1. The molecule has 0 bridgehead atoms. The maximum atomic E-state index is 14.1. The Hall–Kier alpha value is -6.12. The summed E-state index contributed by atoms with van der Waals surface area (Å²) in [4.78, 5) is 90.1. The van der Waals surface area contributed by atoms with Crippen LogP contribution in [0, 0.1) is 30.9 Å². The van der Waals surface area contributed by atoms with E-state index in [2.05, 4.69) is 10.6 Å². The Morgan fingerprint density at radius 3 is 2.23 bits per heavy atom. The molecular formula is C37H40N4O11. The number of nitrogens with zero attached hydrogens (tertiary/aromatic N) is 2. The first kappa shape index (κ1) is 38.7.